The number of nitrogens with zero attached hydrogens (tertiary/aromatic N) is 1. The fourth-order valence-corrected chi connectivity index (χ4v) is 3.98. The maximum absolute atomic E-state index is 12.4. The van der Waals surface area contributed by atoms with Crippen LogP contribution in [0.3, 0.4) is 0 Å². The monoisotopic (exact) mass is 363 g/mol. The molecule has 3 aliphatic heterocycles. The maximum Gasteiger partial charge on any atom is 0.172 e. The number of carbonyl (C=O) groups is 1. The summed E-state index contributed by atoms with van der Waals surface area (Å²) in [7, 11) is 2.31. The van der Waals surface area contributed by atoms with Gasteiger partial charge in [-0.05, 0) is 17.4 Å². The van der Waals surface area contributed by atoms with E-state index in [1.54, 1.807) is 11.3 Å². The van der Waals surface area contributed by atoms with Gasteiger partial charge in [0.2, 0.25) is 0 Å². The van der Waals surface area contributed by atoms with Crippen LogP contribution in [0.1, 0.15) is 23.2 Å². The molecular weight excluding hydrogens is 345 g/mol. The topological polar surface area (TPSA) is 17.1 Å². The molecule has 1 atom stereocenters. The number of quaternary nitrogens is 1. The molecule has 1 unspecified atom stereocenters. The number of hydrogen-bond acceptors (Lipinski definition) is 2. The lowest BCUT2D eigenvalue weighted by molar-refractivity contribution is -0.927. The van der Waals surface area contributed by atoms with Crippen molar-refractivity contribution in [1.29, 1.82) is 0 Å². The third-order valence-electron chi connectivity index (χ3n) is 4.43. The highest BCUT2D eigenvalue weighted by molar-refractivity contribution is 7.08. The highest BCUT2D eigenvalue weighted by Gasteiger charge is 2.46. The summed E-state index contributed by atoms with van der Waals surface area (Å²) in [4.78, 5) is 12.4. The second-order valence-corrected chi connectivity index (χ2v) is 6.35. The van der Waals surface area contributed by atoms with E-state index in [2.05, 4.69) is 7.05 Å². The van der Waals surface area contributed by atoms with Crippen molar-refractivity contribution in [2.75, 3.05) is 26.7 Å². The number of Topliss-reactive ketones (excluding diaryl/α,β-unsaturated/α-hetero) is 1. The van der Waals surface area contributed by atoms with Gasteiger partial charge in [0, 0.05) is 23.8 Å². The number of piperidine rings is 3. The maximum atomic E-state index is 12.4. The molecule has 94 valence electrons. The number of fused-ring (bicyclic) bond motifs is 3. The average molecular weight is 363 g/mol. The van der Waals surface area contributed by atoms with E-state index in [9.17, 15) is 4.79 Å². The summed E-state index contributed by atoms with van der Waals surface area (Å²) in [6.45, 7) is 3.62. The van der Waals surface area contributed by atoms with Gasteiger partial charge in [0.15, 0.2) is 5.78 Å². The van der Waals surface area contributed by atoms with Gasteiger partial charge in [0.05, 0.1) is 32.6 Å². The summed E-state index contributed by atoms with van der Waals surface area (Å²) in [6, 6.07) is 1.98. The van der Waals surface area contributed by atoms with Crippen LogP contribution in [-0.4, -0.2) is 36.9 Å². The Hall–Kier alpha value is 0.0600. The van der Waals surface area contributed by atoms with Crippen LogP contribution in [0, 0.1) is 11.8 Å². The molecule has 4 heterocycles. The minimum absolute atomic E-state index is 0. The molecule has 3 aliphatic rings. The van der Waals surface area contributed by atoms with Gasteiger partial charge in [-0.2, -0.15) is 11.3 Å². The normalized spacial score (nSPS) is 35.4. The van der Waals surface area contributed by atoms with Gasteiger partial charge < -0.3 is 28.5 Å². The van der Waals surface area contributed by atoms with E-state index in [0.717, 1.165) is 16.6 Å². The lowest BCUT2D eigenvalue weighted by Gasteiger charge is -2.50. The van der Waals surface area contributed by atoms with Gasteiger partial charge in [-0.3, -0.25) is 4.79 Å². The summed E-state index contributed by atoms with van der Waals surface area (Å²) in [5.41, 5.74) is 0.940. The first-order chi connectivity index (χ1) is 7.68. The molecule has 0 spiro atoms. The molecule has 2 nitrogen and oxygen atoms in total. The van der Waals surface area contributed by atoms with Crippen LogP contribution in [-0.2, 0) is 0 Å². The Morgan fingerprint density at radius 3 is 2.65 bits per heavy atom. The van der Waals surface area contributed by atoms with E-state index in [-0.39, 0.29) is 24.0 Å². The summed E-state index contributed by atoms with van der Waals surface area (Å²) in [6.07, 6.45) is 2.49. The van der Waals surface area contributed by atoms with Crippen molar-refractivity contribution in [2.45, 2.75) is 12.8 Å². The van der Waals surface area contributed by atoms with Gasteiger partial charge in [0.1, 0.15) is 0 Å². The number of thiophene rings is 1. The molecule has 0 radical (unpaired) electrons. The zero-order chi connectivity index (χ0) is 11.2. The Labute approximate surface area is 124 Å². The molecule has 3 saturated heterocycles. The lowest BCUT2D eigenvalue weighted by atomic mass is 9.74. The van der Waals surface area contributed by atoms with Crippen LogP contribution in [0.25, 0.3) is 0 Å². The molecule has 1 aromatic heterocycles. The molecule has 4 rings (SSSR count). The van der Waals surface area contributed by atoms with Crippen molar-refractivity contribution in [3.05, 3.63) is 22.4 Å². The van der Waals surface area contributed by atoms with Gasteiger partial charge in [-0.25, -0.2) is 0 Å². The van der Waals surface area contributed by atoms with Gasteiger partial charge in [0.25, 0.3) is 0 Å². The molecule has 0 saturated carbocycles. The third kappa shape index (κ3) is 2.44. The number of carbonyl (C=O) groups excluding carboxylic acids is 1. The molecule has 4 heteroatoms. The van der Waals surface area contributed by atoms with Gasteiger partial charge >= 0.3 is 0 Å². The fraction of sp³-hybridized carbons (Fsp3) is 0.615. The van der Waals surface area contributed by atoms with Crippen molar-refractivity contribution >= 4 is 17.1 Å². The predicted molar refractivity (Wildman–Crippen MR) is 65.6 cm³/mol. The third-order valence-corrected chi connectivity index (χ3v) is 5.11. The van der Waals surface area contributed by atoms with Crippen LogP contribution < -0.4 is 24.0 Å². The van der Waals surface area contributed by atoms with E-state index >= 15 is 0 Å². The van der Waals surface area contributed by atoms with Crippen LogP contribution in [0.2, 0.25) is 0 Å². The Morgan fingerprint density at radius 1 is 1.41 bits per heavy atom. The van der Waals surface area contributed by atoms with E-state index in [0.29, 0.717) is 17.6 Å². The van der Waals surface area contributed by atoms with Crippen molar-refractivity contribution in [3.63, 3.8) is 0 Å². The second kappa shape index (κ2) is 4.97. The molecule has 17 heavy (non-hydrogen) atoms. The SMILES string of the molecule is C[N+]12CCC(CC1)C(C(=O)c1ccsc1)C2.[I-]. The Morgan fingerprint density at radius 2 is 2.12 bits per heavy atom. The zero-order valence-electron chi connectivity index (χ0n) is 10.1. The van der Waals surface area contributed by atoms with Crippen molar-refractivity contribution < 1.29 is 33.3 Å². The summed E-state index contributed by atoms with van der Waals surface area (Å²) >= 11 is 1.63. The van der Waals surface area contributed by atoms with Crippen molar-refractivity contribution in [1.82, 2.24) is 0 Å². The Bertz CT molecular complexity index is 396. The molecule has 2 bridgehead atoms. The molecule has 0 amide bonds. The molecule has 0 aliphatic carbocycles. The second-order valence-electron chi connectivity index (χ2n) is 5.57. The molecule has 3 fully saturated rings. The minimum atomic E-state index is 0. The number of rotatable bonds is 2. The fourth-order valence-electron chi connectivity index (χ4n) is 3.34. The van der Waals surface area contributed by atoms with Crippen LogP contribution in [0.15, 0.2) is 16.8 Å². The Balaban J connectivity index is 0.00000108. The Kier molecular flexibility index (Phi) is 3.95. The number of hydrogen-bond donors (Lipinski definition) is 0. The highest BCUT2D eigenvalue weighted by atomic mass is 127. The summed E-state index contributed by atoms with van der Waals surface area (Å²) in [5, 5.41) is 4.00. The highest BCUT2D eigenvalue weighted by Crippen LogP contribution is 2.38. The molecular formula is C13H18INOS. The minimum Gasteiger partial charge on any atom is -1.00 e. The molecule has 0 aromatic carbocycles. The number of ketones is 1. The van der Waals surface area contributed by atoms with Gasteiger partial charge in [-0.15, -0.1) is 0 Å². The van der Waals surface area contributed by atoms with Crippen LogP contribution in [0.5, 0.6) is 0 Å². The van der Waals surface area contributed by atoms with Crippen LogP contribution >= 0.6 is 11.3 Å². The quantitative estimate of drug-likeness (QED) is 0.391. The van der Waals surface area contributed by atoms with E-state index in [1.807, 2.05) is 16.8 Å². The van der Waals surface area contributed by atoms with Crippen molar-refractivity contribution in [3.8, 4) is 0 Å². The smallest absolute Gasteiger partial charge is 0.172 e. The lowest BCUT2D eigenvalue weighted by Crippen LogP contribution is -3.00. The summed E-state index contributed by atoms with van der Waals surface area (Å²) in [5.74, 6) is 1.35. The van der Waals surface area contributed by atoms with Crippen LogP contribution in [0.4, 0.5) is 0 Å². The number of halogens is 1. The predicted octanol–water partition coefficient (Wildman–Crippen LogP) is -0.579. The summed E-state index contributed by atoms with van der Waals surface area (Å²) < 4.78 is 1.12. The van der Waals surface area contributed by atoms with E-state index in [4.69, 9.17) is 0 Å². The average Bonchev–Trinajstić information content (AvgIpc) is 2.81. The standard InChI is InChI=1S/C13H18NOS.HI/c1-14-5-2-10(3-6-14)12(8-14)13(15)11-4-7-16-9-11;/h4,7,9-10,12H,2-3,5-6,8H2,1H3;1H/q+1;/p-1. The van der Waals surface area contributed by atoms with E-state index < -0.39 is 0 Å². The largest absolute Gasteiger partial charge is 1.00 e. The first-order valence-corrected chi connectivity index (χ1v) is 7.02. The van der Waals surface area contributed by atoms with Crippen molar-refractivity contribution in [2.24, 2.45) is 11.8 Å². The molecule has 1 aromatic rings. The zero-order valence-corrected chi connectivity index (χ0v) is 13.0. The van der Waals surface area contributed by atoms with E-state index in [1.165, 1.54) is 25.9 Å². The first kappa shape index (κ1) is 13.5. The van der Waals surface area contributed by atoms with Gasteiger partial charge in [-0.1, -0.05) is 0 Å². The molecule has 0 N–H and O–H groups in total. The first-order valence-electron chi connectivity index (χ1n) is 6.08.